The molecule has 2 aromatic carbocycles. The van der Waals surface area contributed by atoms with Crippen molar-refractivity contribution in [3.63, 3.8) is 0 Å². The minimum atomic E-state index is 0.163. The van der Waals surface area contributed by atoms with Gasteiger partial charge in [-0.25, -0.2) is 0 Å². The average molecular weight is 320 g/mol. The van der Waals surface area contributed by atoms with Crippen LogP contribution in [-0.4, -0.2) is 17.6 Å². The third-order valence-electron chi connectivity index (χ3n) is 4.35. The van der Waals surface area contributed by atoms with Gasteiger partial charge in [0.05, 0.1) is 12.6 Å². The van der Waals surface area contributed by atoms with E-state index in [2.05, 4.69) is 75.6 Å². The van der Waals surface area contributed by atoms with Crippen LogP contribution in [0.25, 0.3) is 10.8 Å². The largest absolute Gasteiger partial charge is 0.353 e. The van der Waals surface area contributed by atoms with Crippen molar-refractivity contribution in [2.24, 2.45) is 12.0 Å². The molecule has 0 bridgehead atoms. The molecular formula is C20H24N4. The number of nitrogens with one attached hydrogen (secondary N) is 2. The van der Waals surface area contributed by atoms with Gasteiger partial charge in [-0.3, -0.25) is 4.99 Å². The topological polar surface area (TPSA) is 41.4 Å². The molecular weight excluding hydrogens is 296 g/mol. The van der Waals surface area contributed by atoms with E-state index in [1.807, 2.05) is 19.3 Å². The number of fused-ring (bicyclic) bond motifs is 1. The van der Waals surface area contributed by atoms with E-state index >= 15 is 0 Å². The molecule has 124 valence electrons. The number of hydrogen-bond acceptors (Lipinski definition) is 1. The second-order valence-corrected chi connectivity index (χ2v) is 5.97. The van der Waals surface area contributed by atoms with Crippen LogP contribution in [0.5, 0.6) is 0 Å². The van der Waals surface area contributed by atoms with E-state index < -0.39 is 0 Å². The van der Waals surface area contributed by atoms with Crippen molar-refractivity contribution in [2.45, 2.75) is 19.5 Å². The van der Waals surface area contributed by atoms with Crippen LogP contribution in [0.3, 0.4) is 0 Å². The van der Waals surface area contributed by atoms with Crippen LogP contribution in [0.1, 0.15) is 24.2 Å². The quantitative estimate of drug-likeness (QED) is 0.569. The fourth-order valence-electron chi connectivity index (χ4n) is 2.96. The van der Waals surface area contributed by atoms with E-state index in [-0.39, 0.29) is 6.04 Å². The van der Waals surface area contributed by atoms with Gasteiger partial charge in [-0.15, -0.1) is 0 Å². The van der Waals surface area contributed by atoms with E-state index in [9.17, 15) is 0 Å². The van der Waals surface area contributed by atoms with Crippen LogP contribution in [0.2, 0.25) is 0 Å². The minimum absolute atomic E-state index is 0.163. The van der Waals surface area contributed by atoms with Gasteiger partial charge in [-0.1, -0.05) is 42.5 Å². The van der Waals surface area contributed by atoms with Gasteiger partial charge in [0, 0.05) is 26.0 Å². The molecule has 3 rings (SSSR count). The lowest BCUT2D eigenvalue weighted by atomic mass is 10.00. The molecule has 0 radical (unpaired) electrons. The summed E-state index contributed by atoms with van der Waals surface area (Å²) in [6.45, 7) is 2.91. The van der Waals surface area contributed by atoms with Crippen molar-refractivity contribution >= 4 is 16.7 Å². The molecule has 3 aromatic rings. The molecule has 0 amide bonds. The Morgan fingerprint density at radius 3 is 2.62 bits per heavy atom. The molecule has 0 spiro atoms. The third-order valence-corrected chi connectivity index (χ3v) is 4.35. The Kier molecular flexibility index (Phi) is 4.85. The Morgan fingerprint density at radius 2 is 1.88 bits per heavy atom. The highest BCUT2D eigenvalue weighted by Gasteiger charge is 2.11. The average Bonchev–Trinajstić information content (AvgIpc) is 3.02. The van der Waals surface area contributed by atoms with Gasteiger partial charge in [0.2, 0.25) is 0 Å². The molecule has 0 saturated carbocycles. The summed E-state index contributed by atoms with van der Waals surface area (Å²) < 4.78 is 2.11. The van der Waals surface area contributed by atoms with Crippen molar-refractivity contribution in [1.29, 1.82) is 0 Å². The molecule has 0 aliphatic heterocycles. The normalized spacial score (nSPS) is 13.0. The van der Waals surface area contributed by atoms with Crippen LogP contribution < -0.4 is 10.6 Å². The van der Waals surface area contributed by atoms with Crippen molar-refractivity contribution in [3.05, 3.63) is 72.1 Å². The van der Waals surface area contributed by atoms with E-state index in [0.717, 1.165) is 12.5 Å². The number of nitrogens with zero attached hydrogens (tertiary/aromatic N) is 2. The molecule has 2 N–H and O–H groups in total. The van der Waals surface area contributed by atoms with E-state index in [1.54, 1.807) is 7.05 Å². The molecule has 1 unspecified atom stereocenters. The summed E-state index contributed by atoms with van der Waals surface area (Å²) in [5.41, 5.74) is 2.49. The zero-order valence-electron chi connectivity index (χ0n) is 14.5. The van der Waals surface area contributed by atoms with Crippen molar-refractivity contribution < 1.29 is 0 Å². The molecule has 1 heterocycles. The second-order valence-electron chi connectivity index (χ2n) is 5.97. The molecule has 1 aromatic heterocycles. The summed E-state index contributed by atoms with van der Waals surface area (Å²) in [5.74, 6) is 0.802. The molecule has 0 fully saturated rings. The Hall–Kier alpha value is -2.75. The summed E-state index contributed by atoms with van der Waals surface area (Å²) in [4.78, 5) is 4.35. The minimum Gasteiger partial charge on any atom is -0.353 e. The molecule has 4 heteroatoms. The first-order valence-corrected chi connectivity index (χ1v) is 8.24. The summed E-state index contributed by atoms with van der Waals surface area (Å²) in [7, 11) is 3.85. The molecule has 24 heavy (non-hydrogen) atoms. The maximum atomic E-state index is 4.35. The predicted octanol–water partition coefficient (Wildman–Crippen LogP) is 3.60. The number of rotatable bonds is 4. The van der Waals surface area contributed by atoms with Crippen molar-refractivity contribution in [2.75, 3.05) is 7.05 Å². The van der Waals surface area contributed by atoms with Gasteiger partial charge >= 0.3 is 0 Å². The first kappa shape index (κ1) is 16.1. The van der Waals surface area contributed by atoms with Gasteiger partial charge < -0.3 is 15.2 Å². The van der Waals surface area contributed by atoms with E-state index in [4.69, 9.17) is 0 Å². The van der Waals surface area contributed by atoms with E-state index in [1.165, 1.54) is 22.0 Å². The summed E-state index contributed by atoms with van der Waals surface area (Å²) in [6.07, 6.45) is 2.05. The van der Waals surface area contributed by atoms with Crippen LogP contribution in [0.4, 0.5) is 0 Å². The first-order chi connectivity index (χ1) is 11.7. The number of benzene rings is 2. The SMILES string of the molecule is CN=C(NCc1cccn1C)NC(C)c1cccc2ccccc12. The summed E-state index contributed by atoms with van der Waals surface area (Å²) in [5, 5.41) is 9.40. The molecule has 4 nitrogen and oxygen atoms in total. The van der Waals surface area contributed by atoms with Crippen LogP contribution in [-0.2, 0) is 13.6 Å². The number of aromatic nitrogens is 1. The summed E-state index contributed by atoms with van der Waals surface area (Å²) >= 11 is 0. The smallest absolute Gasteiger partial charge is 0.191 e. The Bertz CT molecular complexity index is 842. The fraction of sp³-hybridized carbons (Fsp3) is 0.250. The number of guanidine groups is 1. The maximum Gasteiger partial charge on any atom is 0.191 e. The second kappa shape index (κ2) is 7.21. The maximum absolute atomic E-state index is 4.35. The van der Waals surface area contributed by atoms with Crippen LogP contribution in [0, 0.1) is 0 Å². The Morgan fingerprint density at radius 1 is 1.08 bits per heavy atom. The Balaban J connectivity index is 1.72. The third kappa shape index (κ3) is 3.43. The number of aryl methyl sites for hydroxylation is 1. The van der Waals surface area contributed by atoms with Gasteiger partial charge in [0.1, 0.15) is 0 Å². The summed E-state index contributed by atoms with van der Waals surface area (Å²) in [6, 6.07) is 19.2. The highest BCUT2D eigenvalue weighted by atomic mass is 15.2. The Labute approximate surface area is 143 Å². The van der Waals surface area contributed by atoms with E-state index in [0.29, 0.717) is 0 Å². The van der Waals surface area contributed by atoms with Gasteiger partial charge in [0.15, 0.2) is 5.96 Å². The predicted molar refractivity (Wildman–Crippen MR) is 101 cm³/mol. The van der Waals surface area contributed by atoms with Gasteiger partial charge in [0.25, 0.3) is 0 Å². The van der Waals surface area contributed by atoms with Crippen molar-refractivity contribution in [1.82, 2.24) is 15.2 Å². The zero-order valence-corrected chi connectivity index (χ0v) is 14.5. The zero-order chi connectivity index (χ0) is 16.9. The van der Waals surface area contributed by atoms with Crippen molar-refractivity contribution in [3.8, 4) is 0 Å². The molecule has 1 atom stereocenters. The van der Waals surface area contributed by atoms with Gasteiger partial charge in [-0.2, -0.15) is 0 Å². The molecule has 0 aliphatic rings. The molecule has 0 aliphatic carbocycles. The number of aliphatic imine (C=N–C) groups is 1. The first-order valence-electron chi connectivity index (χ1n) is 8.24. The molecule has 0 saturated heterocycles. The lowest BCUT2D eigenvalue weighted by Crippen LogP contribution is -2.38. The lowest BCUT2D eigenvalue weighted by molar-refractivity contribution is 0.680. The lowest BCUT2D eigenvalue weighted by Gasteiger charge is -2.20. The standard InChI is InChI=1S/C20H24N4/c1-15(18-12-6-9-16-8-4-5-11-19(16)18)23-20(21-2)22-14-17-10-7-13-24(17)3/h4-13,15H,14H2,1-3H3,(H2,21,22,23). The highest BCUT2D eigenvalue weighted by molar-refractivity contribution is 5.87. The van der Waals surface area contributed by atoms with Crippen LogP contribution >= 0.6 is 0 Å². The monoisotopic (exact) mass is 320 g/mol. The van der Waals surface area contributed by atoms with Gasteiger partial charge in [-0.05, 0) is 35.4 Å². The fourth-order valence-corrected chi connectivity index (χ4v) is 2.96. The number of hydrogen-bond donors (Lipinski definition) is 2. The highest BCUT2D eigenvalue weighted by Crippen LogP contribution is 2.23. The van der Waals surface area contributed by atoms with Crippen LogP contribution in [0.15, 0.2) is 65.8 Å².